The average molecular weight is 395 g/mol. The molecule has 0 bridgehead atoms. The molecule has 0 aromatic heterocycles. The largest absolute Gasteiger partial charge is 0.489 e. The second-order valence-electron chi connectivity index (χ2n) is 6.69. The highest BCUT2D eigenvalue weighted by Crippen LogP contribution is 2.23. The van der Waals surface area contributed by atoms with Crippen molar-refractivity contribution in [1.29, 1.82) is 0 Å². The van der Waals surface area contributed by atoms with Crippen molar-refractivity contribution in [2.24, 2.45) is 0 Å². The van der Waals surface area contributed by atoms with Gasteiger partial charge < -0.3 is 14.8 Å². The van der Waals surface area contributed by atoms with Crippen LogP contribution in [-0.2, 0) is 6.61 Å². The molecule has 4 rings (SSSR count). The Morgan fingerprint density at radius 2 is 1.20 bits per heavy atom. The van der Waals surface area contributed by atoms with Crippen molar-refractivity contribution < 1.29 is 14.3 Å². The molecule has 0 unspecified atom stereocenters. The van der Waals surface area contributed by atoms with E-state index in [4.69, 9.17) is 9.47 Å². The predicted octanol–water partition coefficient (Wildman–Crippen LogP) is 6.31. The number of nitrogens with one attached hydrogen (secondary N) is 1. The van der Waals surface area contributed by atoms with Crippen molar-refractivity contribution >= 4 is 11.6 Å². The minimum absolute atomic E-state index is 0.179. The van der Waals surface area contributed by atoms with E-state index in [9.17, 15) is 4.79 Å². The number of ether oxygens (including phenoxy) is 2. The minimum atomic E-state index is -0.179. The molecule has 0 aliphatic carbocycles. The van der Waals surface area contributed by atoms with E-state index in [1.165, 1.54) is 0 Å². The van der Waals surface area contributed by atoms with E-state index in [2.05, 4.69) is 5.32 Å². The summed E-state index contributed by atoms with van der Waals surface area (Å²) in [6, 6.07) is 33.9. The van der Waals surface area contributed by atoms with Gasteiger partial charge in [0.05, 0.1) is 0 Å². The molecule has 4 aromatic rings. The molecule has 148 valence electrons. The standard InChI is InChI=1S/C26H21NO3/c28-26(21-11-15-23(16-12-21)29-19-20-7-3-1-4-8-20)27-22-13-17-25(18-14-22)30-24-9-5-2-6-10-24/h1-18H,19H2,(H,27,28). The van der Waals surface area contributed by atoms with Crippen molar-refractivity contribution in [3.05, 3.63) is 120 Å². The van der Waals surface area contributed by atoms with Gasteiger partial charge in [0, 0.05) is 11.3 Å². The Morgan fingerprint density at radius 1 is 0.633 bits per heavy atom. The van der Waals surface area contributed by atoms with Crippen molar-refractivity contribution in [2.75, 3.05) is 5.32 Å². The smallest absolute Gasteiger partial charge is 0.255 e. The molecule has 30 heavy (non-hydrogen) atoms. The van der Waals surface area contributed by atoms with Crippen LogP contribution in [0.2, 0.25) is 0 Å². The molecular formula is C26H21NO3. The third-order valence-corrected chi connectivity index (χ3v) is 4.46. The highest BCUT2D eigenvalue weighted by Gasteiger charge is 2.07. The van der Waals surface area contributed by atoms with Gasteiger partial charge in [0.2, 0.25) is 0 Å². The fourth-order valence-corrected chi connectivity index (χ4v) is 2.88. The average Bonchev–Trinajstić information content (AvgIpc) is 2.81. The van der Waals surface area contributed by atoms with Gasteiger partial charge in [-0.05, 0) is 66.2 Å². The maximum absolute atomic E-state index is 12.5. The van der Waals surface area contributed by atoms with Crippen molar-refractivity contribution in [2.45, 2.75) is 6.61 Å². The van der Waals surface area contributed by atoms with Gasteiger partial charge >= 0.3 is 0 Å². The van der Waals surface area contributed by atoms with Gasteiger partial charge in [-0.1, -0.05) is 48.5 Å². The zero-order valence-electron chi connectivity index (χ0n) is 16.3. The molecule has 0 fully saturated rings. The zero-order valence-corrected chi connectivity index (χ0v) is 16.3. The summed E-state index contributed by atoms with van der Waals surface area (Å²) in [7, 11) is 0. The Bertz CT molecular complexity index is 1080. The van der Waals surface area contributed by atoms with Crippen LogP contribution < -0.4 is 14.8 Å². The Hall–Kier alpha value is -4.05. The van der Waals surface area contributed by atoms with Crippen LogP contribution in [0.5, 0.6) is 17.2 Å². The summed E-state index contributed by atoms with van der Waals surface area (Å²) < 4.78 is 11.5. The molecule has 0 saturated carbocycles. The summed E-state index contributed by atoms with van der Waals surface area (Å²) in [6.07, 6.45) is 0. The monoisotopic (exact) mass is 395 g/mol. The van der Waals surface area contributed by atoms with Crippen LogP contribution in [0.15, 0.2) is 109 Å². The lowest BCUT2D eigenvalue weighted by Crippen LogP contribution is -2.11. The van der Waals surface area contributed by atoms with E-state index >= 15 is 0 Å². The van der Waals surface area contributed by atoms with Crippen LogP contribution in [0, 0.1) is 0 Å². The van der Waals surface area contributed by atoms with Gasteiger partial charge in [-0.3, -0.25) is 4.79 Å². The fraction of sp³-hybridized carbons (Fsp3) is 0.0385. The van der Waals surface area contributed by atoms with Crippen LogP contribution in [0.1, 0.15) is 15.9 Å². The fourth-order valence-electron chi connectivity index (χ4n) is 2.88. The summed E-state index contributed by atoms with van der Waals surface area (Å²) >= 11 is 0. The summed E-state index contributed by atoms with van der Waals surface area (Å²) in [5, 5.41) is 2.89. The molecule has 0 saturated heterocycles. The molecule has 0 aliphatic heterocycles. The predicted molar refractivity (Wildman–Crippen MR) is 118 cm³/mol. The van der Waals surface area contributed by atoms with E-state index in [-0.39, 0.29) is 5.91 Å². The second kappa shape index (κ2) is 9.43. The molecule has 0 radical (unpaired) electrons. The molecule has 1 amide bonds. The molecule has 0 aliphatic rings. The van der Waals surface area contributed by atoms with Gasteiger partial charge in [0.1, 0.15) is 23.9 Å². The highest BCUT2D eigenvalue weighted by molar-refractivity contribution is 6.04. The number of anilines is 1. The van der Waals surface area contributed by atoms with Gasteiger partial charge in [0.15, 0.2) is 0 Å². The maximum atomic E-state index is 12.5. The van der Waals surface area contributed by atoms with Crippen LogP contribution >= 0.6 is 0 Å². The maximum Gasteiger partial charge on any atom is 0.255 e. The second-order valence-corrected chi connectivity index (χ2v) is 6.69. The number of para-hydroxylation sites is 1. The lowest BCUT2D eigenvalue weighted by atomic mass is 10.2. The molecule has 0 atom stereocenters. The molecule has 1 N–H and O–H groups in total. The molecular weight excluding hydrogens is 374 g/mol. The van der Waals surface area contributed by atoms with E-state index in [0.717, 1.165) is 17.1 Å². The number of amides is 1. The third kappa shape index (κ3) is 5.26. The number of rotatable bonds is 7. The SMILES string of the molecule is O=C(Nc1ccc(Oc2ccccc2)cc1)c1ccc(OCc2ccccc2)cc1. The number of hydrogen-bond donors (Lipinski definition) is 1. The summed E-state index contributed by atoms with van der Waals surface area (Å²) in [4.78, 5) is 12.5. The van der Waals surface area contributed by atoms with Crippen molar-refractivity contribution in [3.63, 3.8) is 0 Å². The van der Waals surface area contributed by atoms with E-state index in [0.29, 0.717) is 23.6 Å². The Morgan fingerprint density at radius 3 is 1.87 bits per heavy atom. The first kappa shape index (κ1) is 19.3. The van der Waals surface area contributed by atoms with Crippen LogP contribution in [0.3, 0.4) is 0 Å². The van der Waals surface area contributed by atoms with Crippen LogP contribution in [0.25, 0.3) is 0 Å². The highest BCUT2D eigenvalue weighted by atomic mass is 16.5. The van der Waals surface area contributed by atoms with E-state index in [1.807, 2.05) is 84.9 Å². The summed E-state index contributed by atoms with van der Waals surface area (Å²) in [5.41, 5.74) is 2.36. The van der Waals surface area contributed by atoms with Crippen LogP contribution in [-0.4, -0.2) is 5.91 Å². The first-order chi connectivity index (χ1) is 14.8. The lowest BCUT2D eigenvalue weighted by Gasteiger charge is -2.09. The third-order valence-electron chi connectivity index (χ3n) is 4.46. The molecule has 0 spiro atoms. The number of benzene rings is 4. The van der Waals surface area contributed by atoms with E-state index < -0.39 is 0 Å². The zero-order chi connectivity index (χ0) is 20.6. The quantitative estimate of drug-likeness (QED) is 0.399. The van der Waals surface area contributed by atoms with Crippen molar-refractivity contribution in [1.82, 2.24) is 0 Å². The number of carbonyl (C=O) groups is 1. The van der Waals surface area contributed by atoms with Gasteiger partial charge in [-0.2, -0.15) is 0 Å². The van der Waals surface area contributed by atoms with Gasteiger partial charge in [0.25, 0.3) is 5.91 Å². The number of hydrogen-bond acceptors (Lipinski definition) is 3. The van der Waals surface area contributed by atoms with Gasteiger partial charge in [-0.15, -0.1) is 0 Å². The van der Waals surface area contributed by atoms with Gasteiger partial charge in [-0.25, -0.2) is 0 Å². The van der Waals surface area contributed by atoms with Crippen molar-refractivity contribution in [3.8, 4) is 17.2 Å². The molecule has 4 aromatic carbocycles. The Balaban J connectivity index is 1.32. The van der Waals surface area contributed by atoms with Crippen LogP contribution in [0.4, 0.5) is 5.69 Å². The lowest BCUT2D eigenvalue weighted by molar-refractivity contribution is 0.102. The normalized spacial score (nSPS) is 10.3. The Kier molecular flexibility index (Phi) is 6.06. The molecule has 0 heterocycles. The van der Waals surface area contributed by atoms with E-state index in [1.54, 1.807) is 24.3 Å². The molecule has 4 nitrogen and oxygen atoms in total. The first-order valence-electron chi connectivity index (χ1n) is 9.67. The molecule has 4 heteroatoms. The first-order valence-corrected chi connectivity index (χ1v) is 9.67. The number of carbonyl (C=O) groups excluding carboxylic acids is 1. The topological polar surface area (TPSA) is 47.6 Å². The summed E-state index contributed by atoms with van der Waals surface area (Å²) in [6.45, 7) is 0.490. The minimum Gasteiger partial charge on any atom is -0.489 e. The summed E-state index contributed by atoms with van der Waals surface area (Å²) in [5.74, 6) is 2.02. The Labute approximate surface area is 175 Å².